The van der Waals surface area contributed by atoms with Crippen molar-refractivity contribution in [3.05, 3.63) is 82.3 Å². The third-order valence-corrected chi connectivity index (χ3v) is 4.13. The highest BCUT2D eigenvalue weighted by Crippen LogP contribution is 2.12. The van der Waals surface area contributed by atoms with Gasteiger partial charge in [0, 0.05) is 30.1 Å². The van der Waals surface area contributed by atoms with Crippen LogP contribution in [0.4, 0.5) is 0 Å². The van der Waals surface area contributed by atoms with Gasteiger partial charge in [0.05, 0.1) is 13.5 Å². The number of aromatic nitrogens is 1. The SMILES string of the molecule is COC(=O)CCn1ccc2ccc(C#CCc3ccccc3)cc2c1=O. The summed E-state index contributed by atoms with van der Waals surface area (Å²) >= 11 is 0. The molecule has 0 saturated carbocycles. The van der Waals surface area contributed by atoms with Crippen molar-refractivity contribution in [2.24, 2.45) is 0 Å². The molecule has 0 bridgehead atoms. The third kappa shape index (κ3) is 4.20. The number of rotatable bonds is 4. The lowest BCUT2D eigenvalue weighted by Gasteiger charge is -2.06. The van der Waals surface area contributed by atoms with E-state index in [9.17, 15) is 9.59 Å². The molecule has 1 heterocycles. The van der Waals surface area contributed by atoms with E-state index in [2.05, 4.69) is 16.6 Å². The summed E-state index contributed by atoms with van der Waals surface area (Å²) in [6, 6.07) is 17.5. The Bertz CT molecular complexity index is 1040. The minimum atomic E-state index is -0.336. The number of fused-ring (bicyclic) bond motifs is 1. The lowest BCUT2D eigenvalue weighted by Crippen LogP contribution is -2.21. The second-order valence-corrected chi connectivity index (χ2v) is 5.91. The molecule has 0 aliphatic heterocycles. The molecule has 26 heavy (non-hydrogen) atoms. The average Bonchev–Trinajstić information content (AvgIpc) is 2.68. The molecule has 4 nitrogen and oxygen atoms in total. The first-order valence-corrected chi connectivity index (χ1v) is 8.40. The Morgan fingerprint density at radius 3 is 2.69 bits per heavy atom. The van der Waals surface area contributed by atoms with Crippen LogP contribution in [0.5, 0.6) is 0 Å². The van der Waals surface area contributed by atoms with Crippen LogP contribution in [-0.2, 0) is 22.5 Å². The van der Waals surface area contributed by atoms with Gasteiger partial charge in [0.25, 0.3) is 5.56 Å². The Hall–Kier alpha value is -3.32. The molecular formula is C22H19NO3. The summed E-state index contributed by atoms with van der Waals surface area (Å²) in [5.41, 5.74) is 1.83. The first-order valence-electron chi connectivity index (χ1n) is 8.40. The van der Waals surface area contributed by atoms with E-state index in [4.69, 9.17) is 0 Å². The van der Waals surface area contributed by atoms with Gasteiger partial charge in [-0.15, -0.1) is 0 Å². The molecule has 0 N–H and O–H groups in total. The Morgan fingerprint density at radius 2 is 1.92 bits per heavy atom. The highest BCUT2D eigenvalue weighted by atomic mass is 16.5. The fourth-order valence-electron chi connectivity index (χ4n) is 2.69. The normalized spacial score (nSPS) is 10.2. The van der Waals surface area contributed by atoms with Gasteiger partial charge in [-0.2, -0.15) is 0 Å². The van der Waals surface area contributed by atoms with Crippen LogP contribution in [-0.4, -0.2) is 17.6 Å². The molecule has 0 aliphatic rings. The number of methoxy groups -OCH3 is 1. The zero-order chi connectivity index (χ0) is 18.4. The molecule has 0 atom stereocenters. The number of carbonyl (C=O) groups excluding carboxylic acids is 1. The summed E-state index contributed by atoms with van der Waals surface area (Å²) in [5, 5.41) is 1.46. The molecule has 3 aromatic rings. The predicted octanol–water partition coefficient (Wildman–Crippen LogP) is 3.16. The van der Waals surface area contributed by atoms with Crippen LogP contribution in [0.1, 0.15) is 17.5 Å². The van der Waals surface area contributed by atoms with Crippen LogP contribution in [0, 0.1) is 11.8 Å². The predicted molar refractivity (Wildman–Crippen MR) is 102 cm³/mol. The average molecular weight is 345 g/mol. The molecular weight excluding hydrogens is 326 g/mol. The summed E-state index contributed by atoms with van der Waals surface area (Å²) in [7, 11) is 1.34. The fraction of sp³-hybridized carbons (Fsp3) is 0.182. The van der Waals surface area contributed by atoms with Gasteiger partial charge in [0.2, 0.25) is 0 Å². The standard InChI is InChI=1S/C22H19NO3/c1-26-21(24)13-15-23-14-12-19-11-10-18(16-20(19)22(23)25)9-5-8-17-6-3-2-4-7-17/h2-4,6-7,10-12,14,16H,8,13,15H2,1H3. The Kier molecular flexibility index (Phi) is 5.50. The van der Waals surface area contributed by atoms with Crippen molar-refractivity contribution < 1.29 is 9.53 Å². The number of carbonyl (C=O) groups is 1. The van der Waals surface area contributed by atoms with Crippen molar-refractivity contribution in [1.29, 1.82) is 0 Å². The van der Waals surface area contributed by atoms with E-state index < -0.39 is 0 Å². The van der Waals surface area contributed by atoms with Gasteiger partial charge in [-0.1, -0.05) is 48.2 Å². The maximum absolute atomic E-state index is 12.6. The fourth-order valence-corrected chi connectivity index (χ4v) is 2.69. The van der Waals surface area contributed by atoms with E-state index in [1.165, 1.54) is 11.7 Å². The number of esters is 1. The number of hydrogen-bond donors (Lipinski definition) is 0. The summed E-state index contributed by atoms with van der Waals surface area (Å²) in [5.74, 6) is 5.93. The first kappa shape index (κ1) is 17.5. The molecule has 0 unspecified atom stereocenters. The minimum absolute atomic E-state index is 0.127. The van der Waals surface area contributed by atoms with Gasteiger partial charge < -0.3 is 9.30 Å². The maximum Gasteiger partial charge on any atom is 0.307 e. The van der Waals surface area contributed by atoms with E-state index in [-0.39, 0.29) is 17.9 Å². The van der Waals surface area contributed by atoms with Gasteiger partial charge in [-0.3, -0.25) is 9.59 Å². The lowest BCUT2D eigenvalue weighted by atomic mass is 10.1. The zero-order valence-corrected chi connectivity index (χ0v) is 14.6. The Balaban J connectivity index is 1.84. The number of pyridine rings is 1. The first-order chi connectivity index (χ1) is 12.7. The molecule has 0 spiro atoms. The summed E-state index contributed by atoms with van der Waals surface area (Å²) in [6.07, 6.45) is 2.53. The van der Waals surface area contributed by atoms with Crippen LogP contribution in [0.15, 0.2) is 65.6 Å². The van der Waals surface area contributed by atoms with E-state index in [0.29, 0.717) is 18.4 Å². The topological polar surface area (TPSA) is 48.3 Å². The van der Waals surface area contributed by atoms with Crippen LogP contribution in [0.3, 0.4) is 0 Å². The molecule has 1 aromatic heterocycles. The van der Waals surface area contributed by atoms with Gasteiger partial charge in [-0.25, -0.2) is 0 Å². The van der Waals surface area contributed by atoms with Crippen LogP contribution in [0.25, 0.3) is 10.8 Å². The number of aryl methyl sites for hydroxylation is 1. The molecule has 4 heteroatoms. The molecule has 0 radical (unpaired) electrons. The number of hydrogen-bond acceptors (Lipinski definition) is 3. The third-order valence-electron chi connectivity index (χ3n) is 4.13. The van der Waals surface area contributed by atoms with Crippen molar-refractivity contribution >= 4 is 16.7 Å². The highest BCUT2D eigenvalue weighted by Gasteiger charge is 2.06. The molecule has 130 valence electrons. The van der Waals surface area contributed by atoms with Crippen molar-refractivity contribution in [1.82, 2.24) is 4.57 Å². The Labute approximate surface area is 152 Å². The largest absolute Gasteiger partial charge is 0.469 e. The molecule has 3 rings (SSSR count). The highest BCUT2D eigenvalue weighted by molar-refractivity contribution is 5.82. The number of nitrogens with zero attached hydrogens (tertiary/aromatic N) is 1. The quantitative estimate of drug-likeness (QED) is 0.539. The zero-order valence-electron chi connectivity index (χ0n) is 14.6. The second-order valence-electron chi connectivity index (χ2n) is 5.91. The van der Waals surface area contributed by atoms with E-state index >= 15 is 0 Å². The molecule has 0 fully saturated rings. The van der Waals surface area contributed by atoms with Crippen molar-refractivity contribution in [2.75, 3.05) is 7.11 Å². The van der Waals surface area contributed by atoms with Crippen LogP contribution in [0.2, 0.25) is 0 Å². The van der Waals surface area contributed by atoms with Crippen molar-refractivity contribution in [2.45, 2.75) is 19.4 Å². The molecule has 0 amide bonds. The number of ether oxygens (including phenoxy) is 1. The van der Waals surface area contributed by atoms with E-state index in [1.807, 2.05) is 54.6 Å². The molecule has 0 saturated heterocycles. The monoisotopic (exact) mass is 345 g/mol. The second kappa shape index (κ2) is 8.17. The molecule has 2 aromatic carbocycles. The summed E-state index contributed by atoms with van der Waals surface area (Å²) in [4.78, 5) is 23.9. The minimum Gasteiger partial charge on any atom is -0.469 e. The Morgan fingerprint density at radius 1 is 1.12 bits per heavy atom. The summed E-state index contributed by atoms with van der Waals surface area (Å²) in [6.45, 7) is 0.297. The maximum atomic E-state index is 12.6. The van der Waals surface area contributed by atoms with Gasteiger partial charge >= 0.3 is 5.97 Å². The van der Waals surface area contributed by atoms with Crippen molar-refractivity contribution in [3.8, 4) is 11.8 Å². The molecule has 0 aliphatic carbocycles. The van der Waals surface area contributed by atoms with E-state index in [0.717, 1.165) is 16.5 Å². The van der Waals surface area contributed by atoms with Gasteiger partial charge in [-0.05, 0) is 29.1 Å². The van der Waals surface area contributed by atoms with E-state index in [1.54, 1.807) is 6.20 Å². The van der Waals surface area contributed by atoms with Crippen LogP contribution >= 0.6 is 0 Å². The van der Waals surface area contributed by atoms with Gasteiger partial charge in [0.1, 0.15) is 0 Å². The smallest absolute Gasteiger partial charge is 0.307 e. The number of benzene rings is 2. The van der Waals surface area contributed by atoms with Crippen LogP contribution < -0.4 is 5.56 Å². The van der Waals surface area contributed by atoms with Crippen molar-refractivity contribution in [3.63, 3.8) is 0 Å². The summed E-state index contributed by atoms with van der Waals surface area (Å²) < 4.78 is 6.15. The van der Waals surface area contributed by atoms with Gasteiger partial charge in [0.15, 0.2) is 0 Å². The lowest BCUT2D eigenvalue weighted by molar-refractivity contribution is -0.140.